The van der Waals surface area contributed by atoms with Crippen molar-refractivity contribution in [2.45, 2.75) is 22.3 Å². The molecule has 0 aromatic heterocycles. The van der Waals surface area contributed by atoms with Gasteiger partial charge in [-0.05, 0) is 54.6 Å². The molecular weight excluding hydrogens is 516 g/mol. The van der Waals surface area contributed by atoms with Gasteiger partial charge in [0, 0.05) is 0 Å². The van der Waals surface area contributed by atoms with E-state index in [9.17, 15) is 28.8 Å². The summed E-state index contributed by atoms with van der Waals surface area (Å²) in [5.41, 5.74) is -0.250. The topological polar surface area (TPSA) is 224 Å². The molecule has 0 amide bonds. The molecular formula is C27H30O12. The minimum atomic E-state index is -1.23. The molecule has 3 aromatic carbocycles. The number of hydrogen-bond acceptors (Lipinski definition) is 6. The number of carboxylic acids is 6. The summed E-state index contributed by atoms with van der Waals surface area (Å²) in [6.07, 6.45) is 0. The summed E-state index contributed by atoms with van der Waals surface area (Å²) in [5.74, 6) is -6.84. The molecule has 0 fully saturated rings. The van der Waals surface area contributed by atoms with E-state index in [0.29, 0.717) is 0 Å². The van der Waals surface area contributed by atoms with E-state index in [0.717, 1.165) is 6.07 Å². The van der Waals surface area contributed by atoms with Crippen molar-refractivity contribution in [3.05, 3.63) is 106 Å². The van der Waals surface area contributed by atoms with Crippen molar-refractivity contribution in [1.29, 1.82) is 0 Å². The lowest BCUT2D eigenvalue weighted by atomic mass is 10.1. The van der Waals surface area contributed by atoms with Crippen molar-refractivity contribution in [2.24, 2.45) is 0 Å². The summed E-state index contributed by atoms with van der Waals surface area (Å²) >= 11 is 0. The molecule has 6 N–H and O–H groups in total. The number of carbonyl (C=O) groups is 6. The number of aromatic carboxylic acids is 6. The number of hydrogen-bond donors (Lipinski definition) is 6. The molecule has 0 saturated carbocycles. The van der Waals surface area contributed by atoms with Gasteiger partial charge in [-0.3, -0.25) is 0 Å². The van der Waals surface area contributed by atoms with Crippen molar-refractivity contribution < 1.29 is 59.4 Å². The normalized spacial score (nSPS) is 8.62. The standard InChI is InChI=1S/3C8H6O4.3CH4/c9-7(10)5-1-2-6(4-3-5)8(11)12;9-7(10)5-2-1-3-6(4-5)8(11)12;9-7(10)5-3-1-2-4-6(5)8(11)12;;;/h3*1-4H,(H,9,10)(H,11,12);3*1H4. The summed E-state index contributed by atoms with van der Waals surface area (Å²) in [6, 6.07) is 15.7. The van der Waals surface area contributed by atoms with E-state index < -0.39 is 35.8 Å². The Balaban J connectivity index is -0.000000480. The van der Waals surface area contributed by atoms with E-state index in [1.54, 1.807) is 0 Å². The van der Waals surface area contributed by atoms with Crippen LogP contribution < -0.4 is 0 Å². The van der Waals surface area contributed by atoms with Crippen molar-refractivity contribution >= 4 is 35.8 Å². The molecule has 0 unspecified atom stereocenters. The maximum absolute atomic E-state index is 10.5. The number of benzene rings is 3. The van der Waals surface area contributed by atoms with Gasteiger partial charge in [0.2, 0.25) is 0 Å². The predicted octanol–water partition coefficient (Wildman–Crippen LogP) is 5.16. The predicted molar refractivity (Wildman–Crippen MR) is 141 cm³/mol. The van der Waals surface area contributed by atoms with Gasteiger partial charge in [0.15, 0.2) is 0 Å². The maximum Gasteiger partial charge on any atom is 0.336 e. The highest BCUT2D eigenvalue weighted by molar-refractivity contribution is 6.01. The molecule has 0 spiro atoms. The zero-order valence-corrected chi connectivity index (χ0v) is 18.1. The molecule has 0 bridgehead atoms. The quantitative estimate of drug-likeness (QED) is 0.236. The minimum Gasteiger partial charge on any atom is -0.478 e. The highest BCUT2D eigenvalue weighted by atomic mass is 16.4. The van der Waals surface area contributed by atoms with Crippen molar-refractivity contribution in [3.8, 4) is 0 Å². The Kier molecular flexibility index (Phi) is 17.4. The van der Waals surface area contributed by atoms with Crippen molar-refractivity contribution in [1.82, 2.24) is 0 Å². The summed E-state index contributed by atoms with van der Waals surface area (Å²) in [4.78, 5) is 62.4. The molecule has 3 aromatic rings. The molecule has 0 radical (unpaired) electrons. The first kappa shape index (κ1) is 38.0. The molecule has 0 aliphatic rings. The van der Waals surface area contributed by atoms with Crippen LogP contribution in [0.1, 0.15) is 84.4 Å². The van der Waals surface area contributed by atoms with Gasteiger partial charge in [-0.1, -0.05) is 40.5 Å². The van der Waals surface area contributed by atoms with Crippen LogP contribution in [0.15, 0.2) is 72.8 Å². The van der Waals surface area contributed by atoms with E-state index in [1.165, 1.54) is 66.7 Å². The first-order chi connectivity index (χ1) is 16.8. The highest BCUT2D eigenvalue weighted by Crippen LogP contribution is 2.08. The Morgan fingerprint density at radius 3 is 0.872 bits per heavy atom. The molecule has 0 aliphatic heterocycles. The fraction of sp³-hybridized carbons (Fsp3) is 0.111. The average molecular weight is 547 g/mol. The molecule has 3 rings (SSSR count). The molecule has 0 aliphatic carbocycles. The van der Waals surface area contributed by atoms with E-state index in [-0.39, 0.29) is 55.7 Å². The average Bonchev–Trinajstić information content (AvgIpc) is 2.84. The zero-order valence-electron chi connectivity index (χ0n) is 18.1. The maximum atomic E-state index is 10.5. The lowest BCUT2D eigenvalue weighted by molar-refractivity contribution is 0.0651. The van der Waals surface area contributed by atoms with Gasteiger partial charge in [0.1, 0.15) is 0 Å². The molecule has 0 atom stereocenters. The van der Waals surface area contributed by atoms with Crippen LogP contribution in [-0.2, 0) is 0 Å². The molecule has 0 saturated heterocycles. The van der Waals surface area contributed by atoms with E-state index in [1.807, 2.05) is 0 Å². The molecule has 12 heteroatoms. The van der Waals surface area contributed by atoms with Gasteiger partial charge >= 0.3 is 35.8 Å². The Bertz CT molecular complexity index is 1200. The molecule has 210 valence electrons. The second kappa shape index (κ2) is 17.8. The van der Waals surface area contributed by atoms with Crippen LogP contribution in [0.2, 0.25) is 0 Å². The first-order valence-electron chi connectivity index (χ1n) is 9.54. The van der Waals surface area contributed by atoms with Crippen LogP contribution in [0.4, 0.5) is 0 Å². The van der Waals surface area contributed by atoms with E-state index in [2.05, 4.69) is 0 Å². The Morgan fingerprint density at radius 1 is 0.359 bits per heavy atom. The summed E-state index contributed by atoms with van der Waals surface area (Å²) in [7, 11) is 0. The third kappa shape index (κ3) is 12.3. The van der Waals surface area contributed by atoms with Crippen LogP contribution in [0.25, 0.3) is 0 Å². The highest BCUT2D eigenvalue weighted by Gasteiger charge is 2.13. The lowest BCUT2D eigenvalue weighted by Gasteiger charge is -1.98. The van der Waals surface area contributed by atoms with Crippen molar-refractivity contribution in [2.75, 3.05) is 0 Å². The van der Waals surface area contributed by atoms with Gasteiger partial charge in [-0.25, -0.2) is 28.8 Å². The van der Waals surface area contributed by atoms with Gasteiger partial charge in [0.25, 0.3) is 0 Å². The van der Waals surface area contributed by atoms with Crippen molar-refractivity contribution in [3.63, 3.8) is 0 Å². The Hall–Kier alpha value is -5.52. The monoisotopic (exact) mass is 546 g/mol. The third-order valence-electron chi connectivity index (χ3n) is 4.12. The fourth-order valence-corrected chi connectivity index (χ4v) is 2.40. The number of carboxylic acid groups (broad SMARTS) is 6. The van der Waals surface area contributed by atoms with Crippen LogP contribution in [-0.4, -0.2) is 66.5 Å². The fourth-order valence-electron chi connectivity index (χ4n) is 2.40. The van der Waals surface area contributed by atoms with Gasteiger partial charge in [-0.2, -0.15) is 0 Å². The van der Waals surface area contributed by atoms with E-state index in [4.69, 9.17) is 30.6 Å². The van der Waals surface area contributed by atoms with Crippen LogP contribution in [0.5, 0.6) is 0 Å². The third-order valence-corrected chi connectivity index (χ3v) is 4.12. The number of rotatable bonds is 6. The summed E-state index contributed by atoms with van der Waals surface area (Å²) in [5, 5.41) is 51.0. The van der Waals surface area contributed by atoms with Crippen LogP contribution in [0, 0.1) is 0 Å². The van der Waals surface area contributed by atoms with Gasteiger partial charge in [0.05, 0.1) is 33.4 Å². The smallest absolute Gasteiger partial charge is 0.336 e. The summed E-state index contributed by atoms with van der Waals surface area (Å²) < 4.78 is 0. The van der Waals surface area contributed by atoms with Crippen LogP contribution in [0.3, 0.4) is 0 Å². The lowest BCUT2D eigenvalue weighted by Crippen LogP contribution is -2.06. The molecule has 0 heterocycles. The molecule has 12 nitrogen and oxygen atoms in total. The van der Waals surface area contributed by atoms with E-state index >= 15 is 0 Å². The largest absolute Gasteiger partial charge is 0.478 e. The first-order valence-corrected chi connectivity index (χ1v) is 9.54. The molecule has 39 heavy (non-hydrogen) atoms. The van der Waals surface area contributed by atoms with Crippen LogP contribution >= 0.6 is 0 Å². The van der Waals surface area contributed by atoms with Gasteiger partial charge in [-0.15, -0.1) is 0 Å². The summed E-state index contributed by atoms with van der Waals surface area (Å²) in [6.45, 7) is 0. The Labute approximate surface area is 224 Å². The second-order valence-electron chi connectivity index (χ2n) is 6.53. The minimum absolute atomic E-state index is 0. The SMILES string of the molecule is C.C.C.O=C(O)c1ccc(C(=O)O)cc1.O=C(O)c1cccc(C(=O)O)c1.O=C(O)c1ccccc1C(=O)O. The Morgan fingerprint density at radius 2 is 0.641 bits per heavy atom. The second-order valence-corrected chi connectivity index (χ2v) is 6.53. The zero-order chi connectivity index (χ0) is 27.4. The van der Waals surface area contributed by atoms with Gasteiger partial charge < -0.3 is 30.6 Å².